The summed E-state index contributed by atoms with van der Waals surface area (Å²) in [5.41, 5.74) is 4.61. The van der Waals surface area contributed by atoms with Gasteiger partial charge in [-0.2, -0.15) is 0 Å². The number of aliphatic imine (C=N–C) groups is 1. The maximum absolute atomic E-state index is 12.7. The number of carbonyl (C=O) groups is 1. The molecule has 1 aliphatic carbocycles. The van der Waals surface area contributed by atoms with E-state index in [1.165, 1.54) is 18.4 Å². The molecule has 1 saturated carbocycles. The molecule has 32 heavy (non-hydrogen) atoms. The Hall–Kier alpha value is -3.52. The van der Waals surface area contributed by atoms with Gasteiger partial charge in [0, 0.05) is 42.7 Å². The van der Waals surface area contributed by atoms with Gasteiger partial charge in [0.1, 0.15) is 11.5 Å². The van der Waals surface area contributed by atoms with Crippen molar-refractivity contribution >= 4 is 23.3 Å². The molecular weight excluding hydrogens is 404 g/mol. The van der Waals surface area contributed by atoms with Gasteiger partial charge in [-0.25, -0.2) is 9.97 Å². The van der Waals surface area contributed by atoms with Crippen molar-refractivity contribution < 1.29 is 9.53 Å². The molecule has 0 spiro atoms. The van der Waals surface area contributed by atoms with Crippen molar-refractivity contribution in [3.63, 3.8) is 0 Å². The first-order chi connectivity index (χ1) is 15.7. The summed E-state index contributed by atoms with van der Waals surface area (Å²) in [7, 11) is 0. The van der Waals surface area contributed by atoms with Crippen LogP contribution in [0.4, 0.5) is 5.95 Å². The highest BCUT2D eigenvalue weighted by Crippen LogP contribution is 2.37. The summed E-state index contributed by atoms with van der Waals surface area (Å²) in [6.07, 6.45) is 8.36. The number of nitrogens with zero attached hydrogens (tertiary/aromatic N) is 5. The Labute approximate surface area is 185 Å². The zero-order valence-corrected chi connectivity index (χ0v) is 17.7. The van der Waals surface area contributed by atoms with E-state index in [1.807, 2.05) is 45.8 Å². The average Bonchev–Trinajstić information content (AvgIpc) is 3.39. The van der Waals surface area contributed by atoms with Gasteiger partial charge in [0.25, 0.3) is 5.91 Å². The van der Waals surface area contributed by atoms with E-state index in [0.717, 1.165) is 29.3 Å². The summed E-state index contributed by atoms with van der Waals surface area (Å²) in [6, 6.07) is 9.56. The Balaban J connectivity index is 1.27. The lowest BCUT2D eigenvalue weighted by molar-refractivity contribution is 0.0303. The van der Waals surface area contributed by atoms with Crippen LogP contribution in [0.2, 0.25) is 0 Å². The third-order valence-corrected chi connectivity index (χ3v) is 6.21. The number of rotatable bonds is 4. The molecule has 8 nitrogen and oxygen atoms in total. The third-order valence-electron chi connectivity index (χ3n) is 6.21. The van der Waals surface area contributed by atoms with E-state index in [1.54, 1.807) is 6.20 Å². The Morgan fingerprint density at radius 3 is 2.72 bits per heavy atom. The van der Waals surface area contributed by atoms with Crippen LogP contribution < -0.4 is 5.32 Å². The first kappa shape index (κ1) is 19.2. The zero-order valence-electron chi connectivity index (χ0n) is 17.7. The van der Waals surface area contributed by atoms with Crippen LogP contribution in [0, 0.1) is 5.92 Å². The smallest absolute Gasteiger partial charge is 0.254 e. The Morgan fingerprint density at radius 1 is 1.12 bits per heavy atom. The molecule has 2 fully saturated rings. The molecule has 2 aromatic heterocycles. The van der Waals surface area contributed by atoms with E-state index in [9.17, 15) is 4.79 Å². The van der Waals surface area contributed by atoms with Crippen LogP contribution in [0.3, 0.4) is 0 Å². The highest BCUT2D eigenvalue weighted by atomic mass is 16.5. The molecule has 0 bridgehead atoms. The fourth-order valence-corrected chi connectivity index (χ4v) is 4.23. The van der Waals surface area contributed by atoms with Crippen LogP contribution in [-0.4, -0.2) is 63.9 Å². The number of benzene rings is 1. The van der Waals surface area contributed by atoms with Crippen LogP contribution in [-0.2, 0) is 4.74 Å². The fraction of sp³-hybridized carbons (Fsp3) is 0.333. The molecule has 0 atom stereocenters. The number of aromatic nitrogens is 3. The summed E-state index contributed by atoms with van der Waals surface area (Å²) < 4.78 is 7.26. The van der Waals surface area contributed by atoms with Gasteiger partial charge in [-0.05, 0) is 42.5 Å². The summed E-state index contributed by atoms with van der Waals surface area (Å²) in [6.45, 7) is 3.23. The summed E-state index contributed by atoms with van der Waals surface area (Å²) in [4.78, 5) is 28.5. The van der Waals surface area contributed by atoms with Crippen molar-refractivity contribution in [3.05, 3.63) is 59.9 Å². The summed E-state index contributed by atoms with van der Waals surface area (Å²) in [5, 5.41) is 3.38. The van der Waals surface area contributed by atoms with Crippen molar-refractivity contribution in [3.8, 4) is 11.3 Å². The monoisotopic (exact) mass is 428 g/mol. The van der Waals surface area contributed by atoms with E-state index in [0.29, 0.717) is 43.7 Å². The number of hydrogen-bond acceptors (Lipinski definition) is 6. The number of amidine groups is 1. The molecule has 162 valence electrons. The van der Waals surface area contributed by atoms with Crippen molar-refractivity contribution in [1.82, 2.24) is 19.3 Å². The summed E-state index contributed by atoms with van der Waals surface area (Å²) >= 11 is 0. The number of imidazole rings is 1. The number of carbonyl (C=O) groups excluding carboxylic acids is 1. The van der Waals surface area contributed by atoms with E-state index in [4.69, 9.17) is 9.72 Å². The van der Waals surface area contributed by atoms with Crippen LogP contribution in [0.5, 0.6) is 0 Å². The fourth-order valence-electron chi connectivity index (χ4n) is 4.23. The molecule has 6 rings (SSSR count). The largest absolute Gasteiger partial charge is 0.378 e. The van der Waals surface area contributed by atoms with Crippen LogP contribution in [0.1, 0.15) is 23.2 Å². The second-order valence-electron chi connectivity index (χ2n) is 8.42. The lowest BCUT2D eigenvalue weighted by atomic mass is 10.1. The lowest BCUT2D eigenvalue weighted by Gasteiger charge is -2.26. The van der Waals surface area contributed by atoms with Crippen molar-refractivity contribution in [2.75, 3.05) is 38.2 Å². The molecule has 1 saturated heterocycles. The minimum absolute atomic E-state index is 0.0383. The van der Waals surface area contributed by atoms with Crippen LogP contribution in [0.25, 0.3) is 16.9 Å². The highest BCUT2D eigenvalue weighted by molar-refractivity contribution is 6.05. The molecule has 1 aromatic carbocycles. The SMILES string of the molecule is O=C(c1ccc(-c2cc3nccn3c(NC3=NCC(C4CC4)=C3)n2)cc1)N1CCOCC1. The molecule has 3 aliphatic rings. The van der Waals surface area contributed by atoms with Crippen molar-refractivity contribution in [2.45, 2.75) is 12.8 Å². The Kier molecular flexibility index (Phi) is 4.72. The second kappa shape index (κ2) is 7.87. The zero-order chi connectivity index (χ0) is 21.5. The van der Waals surface area contributed by atoms with E-state index in [2.05, 4.69) is 21.4 Å². The topological polar surface area (TPSA) is 84.1 Å². The van der Waals surface area contributed by atoms with Crippen LogP contribution >= 0.6 is 0 Å². The molecular formula is C24H24N6O2. The van der Waals surface area contributed by atoms with Crippen LogP contribution in [0.15, 0.2) is 59.4 Å². The number of nitrogens with one attached hydrogen (secondary N) is 1. The van der Waals surface area contributed by atoms with Gasteiger partial charge in [0.2, 0.25) is 5.95 Å². The minimum atomic E-state index is 0.0383. The van der Waals surface area contributed by atoms with Gasteiger partial charge in [0.15, 0.2) is 0 Å². The normalized spacial score (nSPS) is 18.6. The molecule has 8 heteroatoms. The minimum Gasteiger partial charge on any atom is -0.378 e. The maximum atomic E-state index is 12.7. The average molecular weight is 428 g/mol. The van der Waals surface area contributed by atoms with Gasteiger partial charge in [-0.3, -0.25) is 14.2 Å². The molecule has 1 N–H and O–H groups in total. The molecule has 4 heterocycles. The van der Waals surface area contributed by atoms with E-state index in [-0.39, 0.29) is 5.91 Å². The number of amides is 1. The first-order valence-corrected chi connectivity index (χ1v) is 11.1. The number of hydrogen-bond donors (Lipinski definition) is 1. The lowest BCUT2D eigenvalue weighted by Crippen LogP contribution is -2.40. The van der Waals surface area contributed by atoms with Crippen molar-refractivity contribution in [2.24, 2.45) is 10.9 Å². The Morgan fingerprint density at radius 2 is 1.94 bits per heavy atom. The first-order valence-electron chi connectivity index (χ1n) is 11.1. The quantitative estimate of drug-likeness (QED) is 0.691. The van der Waals surface area contributed by atoms with Gasteiger partial charge < -0.3 is 15.0 Å². The van der Waals surface area contributed by atoms with Gasteiger partial charge in [0.05, 0.1) is 25.5 Å². The van der Waals surface area contributed by atoms with E-state index < -0.39 is 0 Å². The van der Waals surface area contributed by atoms with Crippen molar-refractivity contribution in [1.29, 1.82) is 0 Å². The molecule has 0 radical (unpaired) electrons. The van der Waals surface area contributed by atoms with Gasteiger partial charge >= 0.3 is 0 Å². The number of anilines is 1. The molecule has 0 unspecified atom stereocenters. The molecule has 1 amide bonds. The highest BCUT2D eigenvalue weighted by Gasteiger charge is 2.28. The van der Waals surface area contributed by atoms with E-state index >= 15 is 0 Å². The predicted molar refractivity (Wildman–Crippen MR) is 122 cm³/mol. The maximum Gasteiger partial charge on any atom is 0.254 e. The molecule has 3 aromatic rings. The molecule has 2 aliphatic heterocycles. The summed E-state index contributed by atoms with van der Waals surface area (Å²) in [5.74, 6) is 2.27. The third kappa shape index (κ3) is 3.67. The number of ether oxygens (including phenoxy) is 1. The second-order valence-corrected chi connectivity index (χ2v) is 8.42. The standard InChI is InChI=1S/C24H24N6O2/c31-23(29-9-11-32-12-10-29)18-5-3-17(4-6-18)20-14-22-25-7-8-30(22)24(27-20)28-21-13-19(15-26-21)16-1-2-16/h3-8,13-14,16H,1-2,9-12,15H2,(H,26,27,28). The Bertz CT molecular complexity index is 1230. The van der Waals surface area contributed by atoms with Gasteiger partial charge in [-0.1, -0.05) is 12.1 Å². The predicted octanol–water partition coefficient (Wildman–Crippen LogP) is 3.03. The number of morpholine rings is 1. The number of fused-ring (bicyclic) bond motifs is 1. The van der Waals surface area contributed by atoms with Gasteiger partial charge in [-0.15, -0.1) is 0 Å².